The highest BCUT2D eigenvalue weighted by Crippen LogP contribution is 2.20. The van der Waals surface area contributed by atoms with Gasteiger partial charge in [0, 0.05) is 25.4 Å². The van der Waals surface area contributed by atoms with Crippen LogP contribution in [0.15, 0.2) is 18.3 Å². The van der Waals surface area contributed by atoms with E-state index < -0.39 is 0 Å². The molecule has 1 aromatic rings. The Kier molecular flexibility index (Phi) is 5.14. The number of piperidine rings is 1. The van der Waals surface area contributed by atoms with Gasteiger partial charge in [-0.05, 0) is 25.8 Å². The summed E-state index contributed by atoms with van der Waals surface area (Å²) in [4.78, 5) is 29.9. The number of amides is 1. The number of rotatable bonds is 4. The van der Waals surface area contributed by atoms with Crippen LogP contribution in [-0.4, -0.2) is 48.6 Å². The van der Waals surface area contributed by atoms with Crippen LogP contribution in [0.5, 0.6) is 5.88 Å². The van der Waals surface area contributed by atoms with Crippen LogP contribution in [0.1, 0.15) is 30.1 Å². The van der Waals surface area contributed by atoms with Crippen LogP contribution in [0.25, 0.3) is 0 Å². The highest BCUT2D eigenvalue weighted by molar-refractivity contribution is 5.94. The monoisotopic (exact) mass is 292 g/mol. The van der Waals surface area contributed by atoms with E-state index in [0.29, 0.717) is 31.1 Å². The molecule has 1 saturated heterocycles. The Morgan fingerprint density at radius 1 is 1.43 bits per heavy atom. The third-order valence-electron chi connectivity index (χ3n) is 3.52. The lowest BCUT2D eigenvalue weighted by Gasteiger charge is -2.31. The van der Waals surface area contributed by atoms with Crippen molar-refractivity contribution in [3.8, 4) is 5.88 Å². The Labute approximate surface area is 124 Å². The standard InChI is InChI=1S/C15H20N2O4/c1-3-21-15(19)12-5-4-8-17(10-12)14(18)11-6-7-13(20-2)16-9-11/h6-7,9,12H,3-5,8,10H2,1-2H3. The Hall–Kier alpha value is -2.11. The maximum absolute atomic E-state index is 12.4. The number of hydrogen-bond acceptors (Lipinski definition) is 5. The maximum atomic E-state index is 12.4. The third kappa shape index (κ3) is 3.71. The fourth-order valence-electron chi connectivity index (χ4n) is 2.42. The highest BCUT2D eigenvalue weighted by atomic mass is 16.5. The molecule has 6 nitrogen and oxygen atoms in total. The van der Waals surface area contributed by atoms with E-state index in [1.807, 2.05) is 0 Å². The molecule has 0 radical (unpaired) electrons. The van der Waals surface area contributed by atoms with Crippen molar-refractivity contribution in [2.24, 2.45) is 5.92 Å². The van der Waals surface area contributed by atoms with Gasteiger partial charge in [-0.15, -0.1) is 0 Å². The Morgan fingerprint density at radius 3 is 2.86 bits per heavy atom. The van der Waals surface area contributed by atoms with Crippen molar-refractivity contribution in [3.63, 3.8) is 0 Å². The summed E-state index contributed by atoms with van der Waals surface area (Å²) in [6, 6.07) is 3.34. The van der Waals surface area contributed by atoms with E-state index in [1.54, 1.807) is 24.0 Å². The van der Waals surface area contributed by atoms with Gasteiger partial charge in [-0.3, -0.25) is 9.59 Å². The van der Waals surface area contributed by atoms with Crippen molar-refractivity contribution in [1.29, 1.82) is 0 Å². The van der Waals surface area contributed by atoms with Crippen LogP contribution < -0.4 is 4.74 Å². The minimum Gasteiger partial charge on any atom is -0.481 e. The lowest BCUT2D eigenvalue weighted by molar-refractivity contribution is -0.149. The molecular weight excluding hydrogens is 272 g/mol. The van der Waals surface area contributed by atoms with Crippen LogP contribution in [0, 0.1) is 5.92 Å². The van der Waals surface area contributed by atoms with Crippen LogP contribution in [0.4, 0.5) is 0 Å². The summed E-state index contributed by atoms with van der Waals surface area (Å²) >= 11 is 0. The molecule has 1 aliphatic rings. The number of carbonyl (C=O) groups excluding carboxylic acids is 2. The zero-order valence-corrected chi connectivity index (χ0v) is 12.4. The summed E-state index contributed by atoms with van der Waals surface area (Å²) in [6.45, 7) is 3.21. The molecule has 0 aliphatic carbocycles. The van der Waals surface area contributed by atoms with Crippen molar-refractivity contribution < 1.29 is 19.1 Å². The van der Waals surface area contributed by atoms with Crippen LogP contribution in [0.2, 0.25) is 0 Å². The van der Waals surface area contributed by atoms with Crippen molar-refractivity contribution in [2.45, 2.75) is 19.8 Å². The first kappa shape index (κ1) is 15.3. The van der Waals surface area contributed by atoms with Gasteiger partial charge < -0.3 is 14.4 Å². The molecule has 2 heterocycles. The fraction of sp³-hybridized carbons (Fsp3) is 0.533. The molecule has 6 heteroatoms. The van der Waals surface area contributed by atoms with Gasteiger partial charge in [-0.1, -0.05) is 0 Å². The van der Waals surface area contributed by atoms with Gasteiger partial charge in [0.2, 0.25) is 5.88 Å². The second-order valence-electron chi connectivity index (χ2n) is 4.93. The normalized spacial score (nSPS) is 18.2. The first-order chi connectivity index (χ1) is 10.2. The minimum absolute atomic E-state index is 0.112. The van der Waals surface area contributed by atoms with Crippen LogP contribution >= 0.6 is 0 Å². The number of nitrogens with zero attached hydrogens (tertiary/aromatic N) is 2. The van der Waals surface area contributed by atoms with Gasteiger partial charge in [0.1, 0.15) is 0 Å². The zero-order valence-electron chi connectivity index (χ0n) is 12.4. The van der Waals surface area contributed by atoms with Gasteiger partial charge in [0.15, 0.2) is 0 Å². The van der Waals surface area contributed by atoms with Gasteiger partial charge in [0.25, 0.3) is 5.91 Å². The third-order valence-corrected chi connectivity index (χ3v) is 3.52. The summed E-state index contributed by atoms with van der Waals surface area (Å²) in [6.07, 6.45) is 3.07. The van der Waals surface area contributed by atoms with Crippen molar-refractivity contribution >= 4 is 11.9 Å². The zero-order chi connectivity index (χ0) is 15.2. The van der Waals surface area contributed by atoms with E-state index in [0.717, 1.165) is 12.8 Å². The van der Waals surface area contributed by atoms with Crippen LogP contribution in [0.3, 0.4) is 0 Å². The molecule has 21 heavy (non-hydrogen) atoms. The van der Waals surface area contributed by atoms with Gasteiger partial charge in [-0.2, -0.15) is 0 Å². The number of pyridine rings is 1. The van der Waals surface area contributed by atoms with E-state index in [4.69, 9.17) is 9.47 Å². The number of hydrogen-bond donors (Lipinski definition) is 0. The minimum atomic E-state index is -0.228. The largest absolute Gasteiger partial charge is 0.481 e. The molecule has 0 saturated carbocycles. The fourth-order valence-corrected chi connectivity index (χ4v) is 2.42. The van der Waals surface area contributed by atoms with E-state index in [9.17, 15) is 9.59 Å². The highest BCUT2D eigenvalue weighted by Gasteiger charge is 2.29. The summed E-state index contributed by atoms with van der Waals surface area (Å²) < 4.78 is 10.0. The smallest absolute Gasteiger partial charge is 0.310 e. The second kappa shape index (κ2) is 7.06. The summed E-state index contributed by atoms with van der Waals surface area (Å²) in [7, 11) is 1.53. The van der Waals surface area contributed by atoms with Crippen molar-refractivity contribution in [3.05, 3.63) is 23.9 Å². The molecule has 1 atom stereocenters. The lowest BCUT2D eigenvalue weighted by Crippen LogP contribution is -2.42. The van der Waals surface area contributed by atoms with E-state index >= 15 is 0 Å². The quantitative estimate of drug-likeness (QED) is 0.787. The molecule has 0 aromatic carbocycles. The molecule has 1 aliphatic heterocycles. The summed E-state index contributed by atoms with van der Waals surface area (Å²) in [5.41, 5.74) is 0.500. The summed E-state index contributed by atoms with van der Waals surface area (Å²) in [5.74, 6) is -0.0922. The number of aromatic nitrogens is 1. The second-order valence-corrected chi connectivity index (χ2v) is 4.93. The average Bonchev–Trinajstić information content (AvgIpc) is 2.54. The topological polar surface area (TPSA) is 68.7 Å². The van der Waals surface area contributed by atoms with E-state index in [1.165, 1.54) is 13.3 Å². The maximum Gasteiger partial charge on any atom is 0.310 e. The summed E-state index contributed by atoms with van der Waals surface area (Å²) in [5, 5.41) is 0. The number of carbonyl (C=O) groups is 2. The molecule has 0 spiro atoms. The first-order valence-corrected chi connectivity index (χ1v) is 7.11. The number of methoxy groups -OCH3 is 1. The predicted octanol–water partition coefficient (Wildman–Crippen LogP) is 1.51. The molecule has 1 amide bonds. The molecule has 2 rings (SSSR count). The Balaban J connectivity index is 2.02. The molecular formula is C15H20N2O4. The van der Waals surface area contributed by atoms with Gasteiger partial charge >= 0.3 is 5.97 Å². The number of likely N-dealkylation sites (tertiary alicyclic amines) is 1. The van der Waals surface area contributed by atoms with Crippen LogP contribution in [-0.2, 0) is 9.53 Å². The molecule has 114 valence electrons. The Morgan fingerprint density at radius 2 is 2.24 bits per heavy atom. The lowest BCUT2D eigenvalue weighted by atomic mass is 9.97. The molecule has 0 bridgehead atoms. The van der Waals surface area contributed by atoms with E-state index in [-0.39, 0.29) is 17.8 Å². The number of esters is 1. The predicted molar refractivity (Wildman–Crippen MR) is 76.0 cm³/mol. The Bertz CT molecular complexity index is 501. The average molecular weight is 292 g/mol. The number of ether oxygens (including phenoxy) is 2. The van der Waals surface area contributed by atoms with E-state index in [2.05, 4.69) is 4.98 Å². The van der Waals surface area contributed by atoms with Crippen molar-refractivity contribution in [2.75, 3.05) is 26.8 Å². The molecule has 0 N–H and O–H groups in total. The van der Waals surface area contributed by atoms with Gasteiger partial charge in [-0.25, -0.2) is 4.98 Å². The molecule has 1 unspecified atom stereocenters. The van der Waals surface area contributed by atoms with Crippen molar-refractivity contribution in [1.82, 2.24) is 9.88 Å². The first-order valence-electron chi connectivity index (χ1n) is 7.11. The molecule has 1 fully saturated rings. The SMILES string of the molecule is CCOC(=O)C1CCCN(C(=O)c2ccc(OC)nc2)C1. The van der Waals surface area contributed by atoms with Gasteiger partial charge in [0.05, 0.1) is 25.2 Å². The molecule has 1 aromatic heterocycles.